The second-order valence-corrected chi connectivity index (χ2v) is 5.51. The number of rotatable bonds is 8. The molecular weight excluding hydrogens is 290 g/mol. The number of halogens is 1. The lowest BCUT2D eigenvalue weighted by Crippen LogP contribution is -2.27. The van der Waals surface area contributed by atoms with Crippen LogP contribution < -0.4 is 10.1 Å². The Morgan fingerprint density at radius 3 is 2.67 bits per heavy atom. The van der Waals surface area contributed by atoms with Crippen molar-refractivity contribution in [3.8, 4) is 5.75 Å². The van der Waals surface area contributed by atoms with Gasteiger partial charge in [0.1, 0.15) is 5.75 Å². The molecular formula is C15H24BrNO. The lowest BCUT2D eigenvalue weighted by Gasteiger charge is -2.16. The van der Waals surface area contributed by atoms with Crippen LogP contribution in [0.2, 0.25) is 0 Å². The molecule has 0 saturated carbocycles. The molecule has 0 heterocycles. The maximum Gasteiger partial charge on any atom is 0.133 e. The summed E-state index contributed by atoms with van der Waals surface area (Å²) in [6.07, 6.45) is 6.23. The minimum Gasteiger partial charge on any atom is -0.496 e. The van der Waals surface area contributed by atoms with Gasteiger partial charge in [-0.25, -0.2) is 0 Å². The van der Waals surface area contributed by atoms with Crippen LogP contribution in [0.25, 0.3) is 0 Å². The van der Waals surface area contributed by atoms with Crippen LogP contribution in [0.3, 0.4) is 0 Å². The summed E-state index contributed by atoms with van der Waals surface area (Å²) >= 11 is 3.54. The SMILES string of the molecule is CCCCCC(Cc1ccc(OC)c(Br)c1)NC. The molecule has 0 amide bonds. The van der Waals surface area contributed by atoms with Gasteiger partial charge in [0.25, 0.3) is 0 Å². The molecule has 1 atom stereocenters. The Labute approximate surface area is 119 Å². The molecule has 0 aliphatic rings. The van der Waals surface area contributed by atoms with Crippen molar-refractivity contribution in [2.45, 2.75) is 45.1 Å². The summed E-state index contributed by atoms with van der Waals surface area (Å²) in [5.74, 6) is 0.894. The molecule has 0 spiro atoms. The second kappa shape index (κ2) is 8.54. The normalized spacial score (nSPS) is 12.4. The van der Waals surface area contributed by atoms with Crippen LogP contribution in [0.4, 0.5) is 0 Å². The number of hydrogen-bond acceptors (Lipinski definition) is 2. The summed E-state index contributed by atoms with van der Waals surface area (Å²) in [4.78, 5) is 0. The first-order valence-electron chi connectivity index (χ1n) is 6.71. The summed E-state index contributed by atoms with van der Waals surface area (Å²) in [6.45, 7) is 2.25. The van der Waals surface area contributed by atoms with E-state index in [-0.39, 0.29) is 0 Å². The van der Waals surface area contributed by atoms with E-state index in [2.05, 4.69) is 47.4 Å². The molecule has 0 bridgehead atoms. The third kappa shape index (κ3) is 4.99. The van der Waals surface area contributed by atoms with Crippen LogP contribution in [0.5, 0.6) is 5.75 Å². The topological polar surface area (TPSA) is 21.3 Å². The monoisotopic (exact) mass is 313 g/mol. The van der Waals surface area contributed by atoms with Crippen LogP contribution in [0, 0.1) is 0 Å². The standard InChI is InChI=1S/C15H24BrNO/c1-4-5-6-7-13(17-2)10-12-8-9-15(18-3)14(16)11-12/h8-9,11,13,17H,4-7,10H2,1-3H3. The lowest BCUT2D eigenvalue weighted by atomic mass is 10.0. The van der Waals surface area contributed by atoms with Gasteiger partial charge in [0.05, 0.1) is 11.6 Å². The number of nitrogens with one attached hydrogen (secondary N) is 1. The number of ether oxygens (including phenoxy) is 1. The number of benzene rings is 1. The smallest absolute Gasteiger partial charge is 0.133 e. The highest BCUT2D eigenvalue weighted by Gasteiger charge is 2.08. The van der Waals surface area contributed by atoms with Gasteiger partial charge in [0, 0.05) is 6.04 Å². The van der Waals surface area contributed by atoms with Gasteiger partial charge in [0.15, 0.2) is 0 Å². The highest BCUT2D eigenvalue weighted by Crippen LogP contribution is 2.26. The molecule has 102 valence electrons. The van der Waals surface area contributed by atoms with Crippen LogP contribution in [-0.4, -0.2) is 20.2 Å². The van der Waals surface area contributed by atoms with Gasteiger partial charge in [-0.1, -0.05) is 32.3 Å². The van der Waals surface area contributed by atoms with Crippen LogP contribution >= 0.6 is 15.9 Å². The molecule has 0 aliphatic carbocycles. The maximum atomic E-state index is 5.25. The molecule has 1 rings (SSSR count). The molecule has 0 radical (unpaired) electrons. The van der Waals surface area contributed by atoms with E-state index in [1.165, 1.54) is 31.2 Å². The molecule has 0 aliphatic heterocycles. The summed E-state index contributed by atoms with van der Waals surface area (Å²) in [5.41, 5.74) is 1.35. The summed E-state index contributed by atoms with van der Waals surface area (Å²) < 4.78 is 6.28. The molecule has 18 heavy (non-hydrogen) atoms. The number of methoxy groups -OCH3 is 1. The Balaban J connectivity index is 2.55. The summed E-state index contributed by atoms with van der Waals surface area (Å²) in [7, 11) is 3.75. The van der Waals surface area contributed by atoms with Gasteiger partial charge < -0.3 is 10.1 Å². The fourth-order valence-electron chi connectivity index (χ4n) is 2.11. The van der Waals surface area contributed by atoms with Crippen molar-refractivity contribution in [3.05, 3.63) is 28.2 Å². The van der Waals surface area contributed by atoms with Crippen molar-refractivity contribution >= 4 is 15.9 Å². The quantitative estimate of drug-likeness (QED) is 0.727. The van der Waals surface area contributed by atoms with E-state index < -0.39 is 0 Å². The lowest BCUT2D eigenvalue weighted by molar-refractivity contribution is 0.411. The first-order valence-corrected chi connectivity index (χ1v) is 7.50. The zero-order chi connectivity index (χ0) is 13.4. The Hall–Kier alpha value is -0.540. The predicted octanol–water partition coefficient (Wildman–Crippen LogP) is 4.17. The highest BCUT2D eigenvalue weighted by molar-refractivity contribution is 9.10. The van der Waals surface area contributed by atoms with E-state index in [1.807, 2.05) is 6.07 Å². The van der Waals surface area contributed by atoms with E-state index in [0.29, 0.717) is 6.04 Å². The Bertz CT molecular complexity index is 354. The molecule has 0 fully saturated rings. The molecule has 0 saturated heterocycles. The molecule has 1 aromatic carbocycles. The van der Waals surface area contributed by atoms with Crippen molar-refractivity contribution in [2.24, 2.45) is 0 Å². The van der Waals surface area contributed by atoms with Crippen LogP contribution in [0.1, 0.15) is 38.2 Å². The van der Waals surface area contributed by atoms with Crippen molar-refractivity contribution in [3.63, 3.8) is 0 Å². The van der Waals surface area contributed by atoms with E-state index >= 15 is 0 Å². The second-order valence-electron chi connectivity index (χ2n) is 4.65. The average Bonchev–Trinajstić information content (AvgIpc) is 2.38. The first-order chi connectivity index (χ1) is 8.71. The average molecular weight is 314 g/mol. The van der Waals surface area contributed by atoms with E-state index in [9.17, 15) is 0 Å². The van der Waals surface area contributed by atoms with Crippen LogP contribution in [-0.2, 0) is 6.42 Å². The molecule has 1 aromatic rings. The van der Waals surface area contributed by atoms with Gasteiger partial charge in [-0.15, -0.1) is 0 Å². The maximum absolute atomic E-state index is 5.25. The zero-order valence-corrected chi connectivity index (χ0v) is 13.2. The minimum atomic E-state index is 0.567. The van der Waals surface area contributed by atoms with Crippen molar-refractivity contribution < 1.29 is 4.74 Å². The molecule has 1 N–H and O–H groups in total. The van der Waals surface area contributed by atoms with E-state index in [1.54, 1.807) is 7.11 Å². The number of hydrogen-bond donors (Lipinski definition) is 1. The predicted molar refractivity (Wildman–Crippen MR) is 81.4 cm³/mol. The van der Waals surface area contributed by atoms with Crippen LogP contribution in [0.15, 0.2) is 22.7 Å². The number of unbranched alkanes of at least 4 members (excludes halogenated alkanes) is 2. The highest BCUT2D eigenvalue weighted by atomic mass is 79.9. The third-order valence-electron chi connectivity index (χ3n) is 3.26. The zero-order valence-electron chi connectivity index (χ0n) is 11.6. The van der Waals surface area contributed by atoms with Gasteiger partial charge in [-0.3, -0.25) is 0 Å². The van der Waals surface area contributed by atoms with Gasteiger partial charge in [-0.05, 0) is 53.5 Å². The van der Waals surface area contributed by atoms with Gasteiger partial charge >= 0.3 is 0 Å². The number of likely N-dealkylation sites (N-methyl/N-ethyl adjacent to an activating group) is 1. The Kier molecular flexibility index (Phi) is 7.36. The summed E-state index contributed by atoms with van der Waals surface area (Å²) in [6, 6.07) is 6.89. The molecule has 2 nitrogen and oxygen atoms in total. The minimum absolute atomic E-state index is 0.567. The summed E-state index contributed by atoms with van der Waals surface area (Å²) in [5, 5.41) is 3.41. The molecule has 1 unspecified atom stereocenters. The van der Waals surface area contributed by atoms with Crippen molar-refractivity contribution in [2.75, 3.05) is 14.2 Å². The van der Waals surface area contributed by atoms with Gasteiger partial charge in [-0.2, -0.15) is 0 Å². The Morgan fingerprint density at radius 2 is 2.11 bits per heavy atom. The van der Waals surface area contributed by atoms with E-state index in [4.69, 9.17) is 4.74 Å². The largest absolute Gasteiger partial charge is 0.496 e. The first kappa shape index (κ1) is 15.5. The fourth-order valence-corrected chi connectivity index (χ4v) is 2.70. The molecule has 0 aromatic heterocycles. The van der Waals surface area contributed by atoms with Crippen molar-refractivity contribution in [1.29, 1.82) is 0 Å². The molecule has 3 heteroatoms. The van der Waals surface area contributed by atoms with E-state index in [0.717, 1.165) is 16.6 Å². The van der Waals surface area contributed by atoms with Gasteiger partial charge in [0.2, 0.25) is 0 Å². The Morgan fingerprint density at radius 1 is 1.33 bits per heavy atom. The third-order valence-corrected chi connectivity index (χ3v) is 3.88. The van der Waals surface area contributed by atoms with Crippen molar-refractivity contribution in [1.82, 2.24) is 5.32 Å². The fraction of sp³-hybridized carbons (Fsp3) is 0.600.